The molecule has 1 amide bonds. The lowest BCUT2D eigenvalue weighted by molar-refractivity contribution is -0.115. The molecule has 2 aromatic rings. The fourth-order valence-electron chi connectivity index (χ4n) is 1.78. The fraction of sp³-hybridized carbons (Fsp3) is 0.200. The third-order valence-electron chi connectivity index (χ3n) is 2.90. The average Bonchev–Trinajstić information content (AvgIpc) is 2.37. The number of nitrogens with one attached hydrogen (secondary N) is 1. The summed E-state index contributed by atoms with van der Waals surface area (Å²) in [6, 6.07) is 11.5. The lowest BCUT2D eigenvalue weighted by atomic mass is 10.1. The molecular weight excluding hydrogens is 304 g/mol. The number of pyridine rings is 1. The minimum Gasteiger partial charge on any atom is -0.310 e. The molecule has 0 saturated carbocycles. The van der Waals surface area contributed by atoms with Crippen molar-refractivity contribution >= 4 is 27.7 Å². The number of hydrogen-bond acceptors (Lipinski definition) is 2. The summed E-state index contributed by atoms with van der Waals surface area (Å²) in [5.41, 5.74) is 3.01. The number of halogens is 1. The van der Waals surface area contributed by atoms with Crippen molar-refractivity contribution in [2.45, 2.75) is 20.3 Å². The van der Waals surface area contributed by atoms with Gasteiger partial charge in [-0.1, -0.05) is 24.3 Å². The van der Waals surface area contributed by atoms with E-state index < -0.39 is 0 Å². The number of carbonyl (C=O) groups is 1. The van der Waals surface area contributed by atoms with Crippen molar-refractivity contribution < 1.29 is 4.79 Å². The van der Waals surface area contributed by atoms with E-state index in [1.807, 2.05) is 44.2 Å². The second-order valence-electron chi connectivity index (χ2n) is 4.42. The van der Waals surface area contributed by atoms with Gasteiger partial charge in [0.1, 0.15) is 5.82 Å². The average molecular weight is 319 g/mol. The summed E-state index contributed by atoms with van der Waals surface area (Å²) in [6.07, 6.45) is 0.365. The second-order valence-corrected chi connectivity index (χ2v) is 5.27. The highest BCUT2D eigenvalue weighted by Gasteiger charge is 2.07. The van der Waals surface area contributed by atoms with Crippen LogP contribution in [0, 0.1) is 13.8 Å². The Bertz CT molecular complexity index is 611. The highest BCUT2D eigenvalue weighted by Crippen LogP contribution is 2.16. The third-order valence-corrected chi connectivity index (χ3v) is 3.74. The summed E-state index contributed by atoms with van der Waals surface area (Å²) in [6.45, 7) is 3.89. The smallest absolute Gasteiger partial charge is 0.229 e. The van der Waals surface area contributed by atoms with E-state index in [-0.39, 0.29) is 5.91 Å². The van der Waals surface area contributed by atoms with Gasteiger partial charge < -0.3 is 5.32 Å². The molecule has 0 saturated heterocycles. The van der Waals surface area contributed by atoms with Crippen LogP contribution in [-0.2, 0) is 11.2 Å². The Balaban J connectivity index is 2.05. The van der Waals surface area contributed by atoms with Crippen LogP contribution in [0.3, 0.4) is 0 Å². The van der Waals surface area contributed by atoms with E-state index >= 15 is 0 Å². The Kier molecular flexibility index (Phi) is 4.32. The maximum absolute atomic E-state index is 12.0. The maximum Gasteiger partial charge on any atom is 0.229 e. The normalized spacial score (nSPS) is 10.3. The molecule has 2 rings (SSSR count). The van der Waals surface area contributed by atoms with E-state index in [9.17, 15) is 4.79 Å². The Morgan fingerprint density at radius 1 is 1.21 bits per heavy atom. The first-order valence-electron chi connectivity index (χ1n) is 6.04. The zero-order valence-corrected chi connectivity index (χ0v) is 12.5. The molecule has 0 atom stereocenters. The minimum absolute atomic E-state index is 0.0523. The highest BCUT2D eigenvalue weighted by molar-refractivity contribution is 9.10. The van der Waals surface area contributed by atoms with Crippen LogP contribution in [0.5, 0.6) is 0 Å². The number of aryl methyl sites for hydroxylation is 2. The molecule has 0 bridgehead atoms. The first kappa shape index (κ1) is 13.7. The van der Waals surface area contributed by atoms with Crippen molar-refractivity contribution in [1.29, 1.82) is 0 Å². The van der Waals surface area contributed by atoms with E-state index in [2.05, 4.69) is 26.2 Å². The van der Waals surface area contributed by atoms with Gasteiger partial charge in [0.25, 0.3) is 0 Å². The molecule has 0 aliphatic carbocycles. The number of amides is 1. The van der Waals surface area contributed by atoms with Gasteiger partial charge in [-0.3, -0.25) is 4.79 Å². The lowest BCUT2D eigenvalue weighted by Crippen LogP contribution is -2.16. The number of carbonyl (C=O) groups excluding carboxylic acids is 1. The van der Waals surface area contributed by atoms with Gasteiger partial charge in [-0.25, -0.2) is 4.98 Å². The summed E-state index contributed by atoms with van der Waals surface area (Å²) in [4.78, 5) is 16.3. The summed E-state index contributed by atoms with van der Waals surface area (Å²) < 4.78 is 0.935. The van der Waals surface area contributed by atoms with Gasteiger partial charge in [-0.05, 0) is 53.0 Å². The second kappa shape index (κ2) is 5.97. The highest BCUT2D eigenvalue weighted by atomic mass is 79.9. The molecule has 0 radical (unpaired) electrons. The van der Waals surface area contributed by atoms with Crippen molar-refractivity contribution in [3.63, 3.8) is 0 Å². The zero-order valence-electron chi connectivity index (χ0n) is 10.9. The number of anilines is 1. The van der Waals surface area contributed by atoms with Crippen molar-refractivity contribution in [1.82, 2.24) is 4.98 Å². The molecule has 0 aliphatic heterocycles. The zero-order chi connectivity index (χ0) is 13.8. The van der Waals surface area contributed by atoms with Crippen molar-refractivity contribution in [3.05, 3.63) is 57.7 Å². The molecule has 0 aliphatic rings. The molecule has 4 heteroatoms. The Morgan fingerprint density at radius 3 is 2.63 bits per heavy atom. The molecule has 1 aromatic heterocycles. The van der Waals surface area contributed by atoms with Crippen LogP contribution in [0.4, 0.5) is 5.82 Å². The van der Waals surface area contributed by atoms with Crippen LogP contribution in [0.2, 0.25) is 0 Å². The van der Waals surface area contributed by atoms with Crippen molar-refractivity contribution in [3.8, 4) is 0 Å². The third kappa shape index (κ3) is 3.64. The molecule has 0 fully saturated rings. The standard InChI is InChI=1S/C15H15BrN2O/c1-10-5-3-4-6-12(10)9-15(19)18-14-8-7-13(16)11(2)17-14/h3-8H,9H2,1-2H3,(H,17,18,19). The lowest BCUT2D eigenvalue weighted by Gasteiger charge is -2.07. The van der Waals surface area contributed by atoms with E-state index in [0.717, 1.165) is 21.3 Å². The van der Waals surface area contributed by atoms with Gasteiger partial charge in [0.2, 0.25) is 5.91 Å². The molecule has 1 heterocycles. The summed E-state index contributed by atoms with van der Waals surface area (Å²) in [5, 5.41) is 2.81. The van der Waals surface area contributed by atoms with E-state index in [0.29, 0.717) is 12.2 Å². The van der Waals surface area contributed by atoms with Gasteiger partial charge in [-0.2, -0.15) is 0 Å². The van der Waals surface area contributed by atoms with Gasteiger partial charge in [0, 0.05) is 4.47 Å². The molecule has 1 aromatic carbocycles. The van der Waals surface area contributed by atoms with Crippen molar-refractivity contribution in [2.75, 3.05) is 5.32 Å². The monoisotopic (exact) mass is 318 g/mol. The molecule has 19 heavy (non-hydrogen) atoms. The number of nitrogens with zero attached hydrogens (tertiary/aromatic N) is 1. The molecule has 0 spiro atoms. The van der Waals surface area contributed by atoms with Crippen LogP contribution in [0.25, 0.3) is 0 Å². The van der Waals surface area contributed by atoms with Crippen LogP contribution in [0.1, 0.15) is 16.8 Å². The molecule has 1 N–H and O–H groups in total. The van der Waals surface area contributed by atoms with E-state index in [1.165, 1.54) is 0 Å². The van der Waals surface area contributed by atoms with Crippen LogP contribution >= 0.6 is 15.9 Å². The first-order chi connectivity index (χ1) is 9.06. The van der Waals surface area contributed by atoms with Gasteiger partial charge in [-0.15, -0.1) is 0 Å². The molecule has 98 valence electrons. The van der Waals surface area contributed by atoms with Gasteiger partial charge >= 0.3 is 0 Å². The van der Waals surface area contributed by atoms with E-state index in [1.54, 1.807) is 6.07 Å². The number of aromatic nitrogens is 1. The first-order valence-corrected chi connectivity index (χ1v) is 6.83. The SMILES string of the molecule is Cc1ccccc1CC(=O)Nc1ccc(Br)c(C)n1. The van der Waals surface area contributed by atoms with Crippen molar-refractivity contribution in [2.24, 2.45) is 0 Å². The van der Waals surface area contributed by atoms with Crippen LogP contribution in [-0.4, -0.2) is 10.9 Å². The summed E-state index contributed by atoms with van der Waals surface area (Å²) >= 11 is 3.38. The predicted octanol–water partition coefficient (Wildman–Crippen LogP) is 3.64. The quantitative estimate of drug-likeness (QED) is 0.938. The minimum atomic E-state index is -0.0523. The molecule has 3 nitrogen and oxygen atoms in total. The largest absolute Gasteiger partial charge is 0.310 e. The summed E-state index contributed by atoms with van der Waals surface area (Å²) in [7, 11) is 0. The maximum atomic E-state index is 12.0. The van der Waals surface area contributed by atoms with Crippen LogP contribution < -0.4 is 5.32 Å². The summed E-state index contributed by atoms with van der Waals surface area (Å²) in [5.74, 6) is 0.530. The van der Waals surface area contributed by atoms with Crippen LogP contribution in [0.15, 0.2) is 40.9 Å². The molecule has 0 unspecified atom stereocenters. The topological polar surface area (TPSA) is 42.0 Å². The Morgan fingerprint density at radius 2 is 1.95 bits per heavy atom. The number of hydrogen-bond donors (Lipinski definition) is 1. The fourth-order valence-corrected chi connectivity index (χ4v) is 2.00. The van der Waals surface area contributed by atoms with Gasteiger partial charge in [0.05, 0.1) is 12.1 Å². The van der Waals surface area contributed by atoms with E-state index in [4.69, 9.17) is 0 Å². The van der Waals surface area contributed by atoms with Gasteiger partial charge in [0.15, 0.2) is 0 Å². The predicted molar refractivity (Wildman–Crippen MR) is 80.2 cm³/mol. The molecular formula is C15H15BrN2O. The number of rotatable bonds is 3. The number of benzene rings is 1. The Labute approximate surface area is 121 Å². The Hall–Kier alpha value is -1.68.